The van der Waals surface area contributed by atoms with Crippen molar-refractivity contribution >= 4 is 33.7 Å². The number of nitrogens with two attached hydrogens (primary N) is 1. The molecule has 0 aliphatic carbocycles. The number of hydrogen-bond donors (Lipinski definition) is 5. The molecule has 1 atom stereocenters. The van der Waals surface area contributed by atoms with Crippen molar-refractivity contribution in [3.8, 4) is 5.75 Å². The fraction of sp³-hybridized carbons (Fsp3) is 0.269. The molecule has 7 heteroatoms. The lowest BCUT2D eigenvalue weighted by atomic mass is 10.0. The van der Waals surface area contributed by atoms with Gasteiger partial charge in [-0.15, -0.1) is 0 Å². The van der Waals surface area contributed by atoms with Gasteiger partial charge >= 0.3 is 0 Å². The predicted molar refractivity (Wildman–Crippen MR) is 136 cm³/mol. The molecular weight excluding hydrogens is 412 g/mol. The Morgan fingerprint density at radius 3 is 2.82 bits per heavy atom. The van der Waals surface area contributed by atoms with Crippen LogP contribution < -0.4 is 21.1 Å². The molecule has 2 aromatic carbocycles. The molecule has 0 radical (unpaired) electrons. The zero-order valence-corrected chi connectivity index (χ0v) is 19.2. The Hall–Kier alpha value is -3.71. The summed E-state index contributed by atoms with van der Waals surface area (Å²) in [6.07, 6.45) is 7.26. The van der Waals surface area contributed by atoms with E-state index in [1.54, 1.807) is 6.21 Å². The number of aryl methyl sites for hydroxylation is 2. The number of fused-ring (bicyclic) bond motifs is 2. The highest BCUT2D eigenvalue weighted by atomic mass is 16.5. The Morgan fingerprint density at radius 2 is 1.97 bits per heavy atom. The number of benzene rings is 2. The summed E-state index contributed by atoms with van der Waals surface area (Å²) in [6.45, 7) is 6.12. The molecule has 0 fully saturated rings. The predicted octanol–water partition coefficient (Wildman–Crippen LogP) is 4.92. The zero-order chi connectivity index (χ0) is 23.0. The first kappa shape index (κ1) is 21.2. The summed E-state index contributed by atoms with van der Waals surface area (Å²) in [5.41, 5.74) is 12.2. The highest BCUT2D eigenvalue weighted by Gasteiger charge is 2.26. The fourth-order valence-corrected chi connectivity index (χ4v) is 4.30. The van der Waals surface area contributed by atoms with Gasteiger partial charge in [-0.1, -0.05) is 0 Å². The van der Waals surface area contributed by atoms with Crippen LogP contribution in [0.3, 0.4) is 0 Å². The van der Waals surface area contributed by atoms with E-state index in [-0.39, 0.29) is 6.10 Å². The van der Waals surface area contributed by atoms with Crippen molar-refractivity contribution in [3.05, 3.63) is 71.8 Å². The highest BCUT2D eigenvalue weighted by Crippen LogP contribution is 2.27. The number of aromatic amines is 2. The molecule has 5 rings (SSSR count). The minimum atomic E-state index is -0.887. The van der Waals surface area contributed by atoms with Gasteiger partial charge in [-0.25, -0.2) is 0 Å². The molecule has 33 heavy (non-hydrogen) atoms. The molecule has 1 unspecified atom stereocenters. The number of nitrogens with one attached hydrogen (secondary N) is 4. The van der Waals surface area contributed by atoms with Crippen LogP contribution in [0.2, 0.25) is 0 Å². The molecule has 0 spiro atoms. The molecule has 170 valence electrons. The molecule has 3 heterocycles. The average molecular weight is 443 g/mol. The van der Waals surface area contributed by atoms with Gasteiger partial charge in [0.2, 0.25) is 0 Å². The normalized spacial score (nSPS) is 18.0. The van der Waals surface area contributed by atoms with Crippen LogP contribution in [0.4, 0.5) is 5.69 Å². The summed E-state index contributed by atoms with van der Waals surface area (Å²) < 4.78 is 5.87. The van der Waals surface area contributed by atoms with Crippen LogP contribution in [0.5, 0.6) is 5.75 Å². The zero-order valence-electron chi connectivity index (χ0n) is 19.2. The quantitative estimate of drug-likeness (QED) is 0.280. The SMILES string of the molecule is Cc1cc2cc(NC3=CC=NC(N)(CCc4c[nH]c5ccc(OC(C)C)cc45)N3)ccc2[nH]1. The minimum absolute atomic E-state index is 0.137. The molecule has 1 aliphatic heterocycles. The minimum Gasteiger partial charge on any atom is -0.491 e. The fourth-order valence-electron chi connectivity index (χ4n) is 4.30. The van der Waals surface area contributed by atoms with Crippen molar-refractivity contribution in [1.82, 2.24) is 15.3 Å². The lowest BCUT2D eigenvalue weighted by molar-refractivity contribution is 0.243. The van der Waals surface area contributed by atoms with Gasteiger partial charge in [0, 0.05) is 52.0 Å². The van der Waals surface area contributed by atoms with Crippen molar-refractivity contribution in [2.24, 2.45) is 10.7 Å². The van der Waals surface area contributed by atoms with E-state index in [1.807, 2.05) is 38.3 Å². The van der Waals surface area contributed by atoms with Gasteiger partial charge in [0.1, 0.15) is 11.6 Å². The Kier molecular flexibility index (Phi) is 5.34. The largest absolute Gasteiger partial charge is 0.491 e. The van der Waals surface area contributed by atoms with E-state index in [4.69, 9.17) is 10.5 Å². The maximum atomic E-state index is 6.62. The number of rotatable bonds is 7. The summed E-state index contributed by atoms with van der Waals surface area (Å²) in [6, 6.07) is 14.5. The topological polar surface area (TPSA) is 103 Å². The standard InChI is InChI=1S/C26H30N6O/c1-16(2)33-21-5-7-24-22(14-21)18(15-28-24)8-10-26(27)29-11-9-25(32-26)31-20-4-6-23-19(13-20)12-17(3)30-23/h4-7,9,11-16,28,30-32H,8,10,27H2,1-3H3. The van der Waals surface area contributed by atoms with Crippen LogP contribution in [-0.4, -0.2) is 28.1 Å². The first-order valence-electron chi connectivity index (χ1n) is 11.3. The number of aliphatic imine (C=N–C) groups is 1. The molecule has 0 bridgehead atoms. The van der Waals surface area contributed by atoms with Gasteiger partial charge in [0.15, 0.2) is 5.79 Å². The second-order valence-corrected chi connectivity index (χ2v) is 8.98. The summed E-state index contributed by atoms with van der Waals surface area (Å²) >= 11 is 0. The van der Waals surface area contributed by atoms with Crippen LogP contribution in [0.1, 0.15) is 31.5 Å². The Bertz CT molecular complexity index is 1360. The summed E-state index contributed by atoms with van der Waals surface area (Å²) in [7, 11) is 0. The molecule has 1 aliphatic rings. The van der Waals surface area contributed by atoms with E-state index in [0.717, 1.165) is 45.8 Å². The lowest BCUT2D eigenvalue weighted by Crippen LogP contribution is -2.54. The first-order valence-corrected chi connectivity index (χ1v) is 11.3. The third-order valence-corrected chi connectivity index (χ3v) is 5.82. The van der Waals surface area contributed by atoms with Gasteiger partial charge in [-0.3, -0.25) is 10.7 Å². The number of hydrogen-bond acceptors (Lipinski definition) is 5. The summed E-state index contributed by atoms with van der Waals surface area (Å²) in [5, 5.41) is 9.12. The number of nitrogens with zero attached hydrogens (tertiary/aromatic N) is 1. The Balaban J connectivity index is 1.27. The van der Waals surface area contributed by atoms with E-state index in [1.165, 1.54) is 10.9 Å². The number of allylic oxidation sites excluding steroid dienone is 1. The molecule has 0 amide bonds. The second kappa shape index (κ2) is 8.33. The van der Waals surface area contributed by atoms with Crippen LogP contribution in [-0.2, 0) is 6.42 Å². The number of aromatic nitrogens is 2. The number of anilines is 1. The lowest BCUT2D eigenvalue weighted by Gasteiger charge is -2.31. The molecule has 6 N–H and O–H groups in total. The van der Waals surface area contributed by atoms with Crippen molar-refractivity contribution in [3.63, 3.8) is 0 Å². The van der Waals surface area contributed by atoms with Gasteiger partial charge in [-0.2, -0.15) is 0 Å². The van der Waals surface area contributed by atoms with Crippen molar-refractivity contribution < 1.29 is 4.74 Å². The van der Waals surface area contributed by atoms with Crippen molar-refractivity contribution in [2.75, 3.05) is 5.32 Å². The first-order chi connectivity index (χ1) is 15.9. The Morgan fingerprint density at radius 1 is 1.12 bits per heavy atom. The summed E-state index contributed by atoms with van der Waals surface area (Å²) in [4.78, 5) is 11.2. The molecule has 0 saturated carbocycles. The molecule has 7 nitrogen and oxygen atoms in total. The van der Waals surface area contributed by atoms with Gasteiger partial charge in [0.05, 0.1) is 6.10 Å². The molecular formula is C26H30N6O. The van der Waals surface area contributed by atoms with Crippen LogP contribution in [0.15, 0.2) is 65.6 Å². The van der Waals surface area contributed by atoms with Gasteiger partial charge in [-0.05, 0) is 81.3 Å². The third kappa shape index (κ3) is 4.59. The molecule has 4 aromatic rings. The monoisotopic (exact) mass is 442 g/mol. The van der Waals surface area contributed by atoms with Gasteiger partial charge < -0.3 is 25.3 Å². The molecule has 0 saturated heterocycles. The number of ether oxygens (including phenoxy) is 1. The maximum absolute atomic E-state index is 6.62. The van der Waals surface area contributed by atoms with Crippen LogP contribution in [0, 0.1) is 6.92 Å². The van der Waals surface area contributed by atoms with E-state index in [2.05, 4.69) is 62.8 Å². The highest BCUT2D eigenvalue weighted by molar-refractivity contribution is 5.85. The summed E-state index contributed by atoms with van der Waals surface area (Å²) in [5.74, 6) is 0.811. The molecule has 2 aromatic heterocycles. The average Bonchev–Trinajstić information content (AvgIpc) is 3.33. The van der Waals surface area contributed by atoms with Crippen molar-refractivity contribution in [1.29, 1.82) is 0 Å². The third-order valence-electron chi connectivity index (χ3n) is 5.82. The smallest absolute Gasteiger partial charge is 0.183 e. The van der Waals surface area contributed by atoms with Gasteiger partial charge in [0.25, 0.3) is 0 Å². The maximum Gasteiger partial charge on any atom is 0.183 e. The van der Waals surface area contributed by atoms with Crippen LogP contribution >= 0.6 is 0 Å². The van der Waals surface area contributed by atoms with E-state index in [0.29, 0.717) is 6.42 Å². The van der Waals surface area contributed by atoms with E-state index in [9.17, 15) is 0 Å². The second-order valence-electron chi connectivity index (χ2n) is 8.98. The Labute approximate surface area is 193 Å². The van der Waals surface area contributed by atoms with E-state index >= 15 is 0 Å². The van der Waals surface area contributed by atoms with Crippen LogP contribution in [0.25, 0.3) is 21.8 Å². The van der Waals surface area contributed by atoms with E-state index < -0.39 is 5.79 Å². The number of H-pyrrole nitrogens is 2. The van der Waals surface area contributed by atoms with Crippen molar-refractivity contribution in [2.45, 2.75) is 45.5 Å².